The molecule has 1 saturated heterocycles. The molecule has 0 unspecified atom stereocenters. The van der Waals surface area contributed by atoms with Crippen LogP contribution >= 0.6 is 24.0 Å². The Balaban J connectivity index is 1.73. The van der Waals surface area contributed by atoms with Crippen LogP contribution in [0.5, 0.6) is 0 Å². The molecule has 0 aliphatic carbocycles. The smallest absolute Gasteiger partial charge is 0.268 e. The van der Waals surface area contributed by atoms with Gasteiger partial charge in [-0.05, 0) is 40.6 Å². The van der Waals surface area contributed by atoms with Crippen LogP contribution in [0.2, 0.25) is 0 Å². The van der Waals surface area contributed by atoms with Crippen LogP contribution in [0.1, 0.15) is 11.1 Å². The van der Waals surface area contributed by atoms with E-state index in [1.165, 1.54) is 12.1 Å². The van der Waals surface area contributed by atoms with Gasteiger partial charge in [0.2, 0.25) is 0 Å². The van der Waals surface area contributed by atoms with E-state index in [0.717, 1.165) is 45.1 Å². The highest BCUT2D eigenvalue weighted by atomic mass is 32.2. The van der Waals surface area contributed by atoms with Crippen molar-refractivity contribution in [3.63, 3.8) is 0 Å². The summed E-state index contributed by atoms with van der Waals surface area (Å²) in [6, 6.07) is 18.1. The first-order valence-electron chi connectivity index (χ1n) is 8.27. The van der Waals surface area contributed by atoms with E-state index < -0.39 is 17.6 Å². The van der Waals surface area contributed by atoms with Gasteiger partial charge in [-0.25, -0.2) is 0 Å². The Kier molecular flexibility index (Phi) is 4.72. The van der Waals surface area contributed by atoms with E-state index in [1.54, 1.807) is 6.08 Å². The first kappa shape index (κ1) is 18.7. The third-order valence-electron chi connectivity index (χ3n) is 4.34. The molecule has 140 valence electrons. The van der Waals surface area contributed by atoms with Crippen LogP contribution in [-0.2, 0) is 11.0 Å². The van der Waals surface area contributed by atoms with Gasteiger partial charge in [0.1, 0.15) is 0 Å². The number of thioether (sulfide) groups is 1. The van der Waals surface area contributed by atoms with Crippen LogP contribution in [0.15, 0.2) is 71.6 Å². The molecule has 3 aromatic carbocycles. The summed E-state index contributed by atoms with van der Waals surface area (Å²) in [5.41, 5.74) is 0.137. The summed E-state index contributed by atoms with van der Waals surface area (Å²) in [5.74, 6) is -0.428. The van der Waals surface area contributed by atoms with Gasteiger partial charge >= 0.3 is 6.18 Å². The molecule has 4 rings (SSSR count). The number of thiocarbonyl (C=S) groups is 1. The summed E-state index contributed by atoms with van der Waals surface area (Å²) >= 11 is 6.35. The zero-order valence-electron chi connectivity index (χ0n) is 14.2. The summed E-state index contributed by atoms with van der Waals surface area (Å²) in [5, 5.41) is 2.01. The highest BCUT2D eigenvalue weighted by Crippen LogP contribution is 2.39. The second-order valence-electron chi connectivity index (χ2n) is 6.13. The molecule has 1 aliphatic rings. The molecule has 0 saturated carbocycles. The quantitative estimate of drug-likeness (QED) is 0.364. The van der Waals surface area contributed by atoms with E-state index in [0.29, 0.717) is 4.91 Å². The van der Waals surface area contributed by atoms with E-state index in [4.69, 9.17) is 12.2 Å². The van der Waals surface area contributed by atoms with Gasteiger partial charge in [0.25, 0.3) is 5.91 Å². The summed E-state index contributed by atoms with van der Waals surface area (Å²) < 4.78 is 39.2. The number of alkyl halides is 3. The van der Waals surface area contributed by atoms with E-state index in [-0.39, 0.29) is 10.0 Å². The second kappa shape index (κ2) is 7.07. The molecule has 0 radical (unpaired) electrons. The first-order valence-corrected chi connectivity index (χ1v) is 9.50. The number of carbonyl (C=O) groups is 1. The number of nitrogens with zero attached hydrogens (tertiary/aromatic N) is 1. The van der Waals surface area contributed by atoms with E-state index >= 15 is 0 Å². The van der Waals surface area contributed by atoms with Crippen molar-refractivity contribution < 1.29 is 18.0 Å². The number of hydrogen-bond acceptors (Lipinski definition) is 3. The van der Waals surface area contributed by atoms with Crippen LogP contribution in [0.25, 0.3) is 16.8 Å². The number of hydrogen-bond donors (Lipinski definition) is 0. The topological polar surface area (TPSA) is 20.3 Å². The number of halogens is 3. The van der Waals surface area contributed by atoms with Crippen LogP contribution < -0.4 is 4.90 Å². The predicted octanol–water partition coefficient (Wildman–Crippen LogP) is 6.26. The molecule has 28 heavy (non-hydrogen) atoms. The Hall–Kier alpha value is -2.64. The minimum absolute atomic E-state index is 0.110. The molecule has 1 fully saturated rings. The van der Waals surface area contributed by atoms with Crippen molar-refractivity contribution >= 4 is 56.7 Å². The minimum atomic E-state index is -4.49. The number of anilines is 1. The lowest BCUT2D eigenvalue weighted by atomic mass is 10.0. The van der Waals surface area contributed by atoms with Crippen molar-refractivity contribution in [2.75, 3.05) is 4.90 Å². The molecule has 3 aromatic rings. The Labute approximate surface area is 168 Å². The monoisotopic (exact) mass is 415 g/mol. The van der Waals surface area contributed by atoms with Crippen LogP contribution in [0.3, 0.4) is 0 Å². The average Bonchev–Trinajstić information content (AvgIpc) is 2.95. The van der Waals surface area contributed by atoms with Crippen molar-refractivity contribution in [1.82, 2.24) is 0 Å². The van der Waals surface area contributed by atoms with Gasteiger partial charge in [0.05, 0.1) is 16.2 Å². The number of rotatable bonds is 2. The molecule has 1 heterocycles. The molecule has 0 aromatic heterocycles. The third-order valence-corrected chi connectivity index (χ3v) is 5.64. The summed E-state index contributed by atoms with van der Waals surface area (Å²) in [6.45, 7) is 0. The van der Waals surface area contributed by atoms with Gasteiger partial charge < -0.3 is 0 Å². The van der Waals surface area contributed by atoms with Gasteiger partial charge in [-0.2, -0.15) is 13.2 Å². The maximum Gasteiger partial charge on any atom is 0.416 e. The van der Waals surface area contributed by atoms with Gasteiger partial charge in [-0.15, -0.1) is 0 Å². The summed E-state index contributed by atoms with van der Waals surface area (Å²) in [7, 11) is 0. The predicted molar refractivity (Wildman–Crippen MR) is 111 cm³/mol. The SMILES string of the molecule is O=C1/C(=C/c2cccc3ccccc23)SC(=S)N1c1cccc(C(F)(F)F)c1. The van der Waals surface area contributed by atoms with E-state index in [1.807, 2.05) is 42.5 Å². The third kappa shape index (κ3) is 3.43. The Morgan fingerprint density at radius 1 is 0.964 bits per heavy atom. The number of benzene rings is 3. The lowest BCUT2D eigenvalue weighted by molar-refractivity contribution is -0.137. The normalized spacial score (nSPS) is 16.4. The largest absolute Gasteiger partial charge is 0.416 e. The molecule has 0 N–H and O–H groups in total. The van der Waals surface area contributed by atoms with Gasteiger partial charge in [0.15, 0.2) is 4.32 Å². The molecule has 0 bridgehead atoms. The highest BCUT2D eigenvalue weighted by molar-refractivity contribution is 8.27. The highest BCUT2D eigenvalue weighted by Gasteiger charge is 2.36. The zero-order valence-corrected chi connectivity index (χ0v) is 15.9. The van der Waals surface area contributed by atoms with Gasteiger partial charge in [-0.3, -0.25) is 9.69 Å². The van der Waals surface area contributed by atoms with Gasteiger partial charge in [-0.1, -0.05) is 72.5 Å². The molecule has 2 nitrogen and oxygen atoms in total. The molecule has 1 amide bonds. The molecule has 7 heteroatoms. The molecular weight excluding hydrogens is 403 g/mol. The van der Waals surface area contributed by atoms with Crippen LogP contribution in [0, 0.1) is 0 Å². The molecule has 1 aliphatic heterocycles. The van der Waals surface area contributed by atoms with Crippen molar-refractivity contribution in [2.24, 2.45) is 0 Å². The molecular formula is C21H12F3NOS2. The fraction of sp³-hybridized carbons (Fsp3) is 0.0476. The first-order chi connectivity index (χ1) is 13.3. The van der Waals surface area contributed by atoms with Crippen molar-refractivity contribution in [1.29, 1.82) is 0 Å². The molecule has 0 spiro atoms. The zero-order chi connectivity index (χ0) is 19.9. The summed E-state index contributed by atoms with van der Waals surface area (Å²) in [6.07, 6.45) is -2.76. The van der Waals surface area contributed by atoms with E-state index in [2.05, 4.69) is 0 Å². The lowest BCUT2D eigenvalue weighted by Crippen LogP contribution is -2.27. The van der Waals surface area contributed by atoms with Gasteiger partial charge in [0, 0.05) is 0 Å². The van der Waals surface area contributed by atoms with Crippen molar-refractivity contribution in [3.05, 3.63) is 82.8 Å². The Morgan fingerprint density at radius 3 is 2.46 bits per heavy atom. The van der Waals surface area contributed by atoms with Crippen LogP contribution in [0.4, 0.5) is 18.9 Å². The maximum atomic E-state index is 13.0. The molecule has 0 atom stereocenters. The fourth-order valence-electron chi connectivity index (χ4n) is 3.03. The minimum Gasteiger partial charge on any atom is -0.268 e. The number of amides is 1. The van der Waals surface area contributed by atoms with Crippen molar-refractivity contribution in [2.45, 2.75) is 6.18 Å². The number of carbonyl (C=O) groups excluding carboxylic acids is 1. The number of fused-ring (bicyclic) bond motifs is 1. The van der Waals surface area contributed by atoms with Crippen molar-refractivity contribution in [3.8, 4) is 0 Å². The fourth-order valence-corrected chi connectivity index (χ4v) is 4.32. The standard InChI is InChI=1S/C21H12F3NOS2/c22-21(23,24)15-8-4-9-16(12-15)25-19(26)18(28-20(25)27)11-14-7-3-6-13-5-1-2-10-17(13)14/h1-12H/b18-11-. The average molecular weight is 415 g/mol. The van der Waals surface area contributed by atoms with Crippen LogP contribution in [-0.4, -0.2) is 10.2 Å². The van der Waals surface area contributed by atoms with E-state index in [9.17, 15) is 18.0 Å². The summed E-state index contributed by atoms with van der Waals surface area (Å²) in [4.78, 5) is 14.4. The Morgan fingerprint density at radius 2 is 1.68 bits per heavy atom. The second-order valence-corrected chi connectivity index (χ2v) is 7.81. The lowest BCUT2D eigenvalue weighted by Gasteiger charge is -2.16. The Bertz CT molecular complexity index is 1130. The maximum absolute atomic E-state index is 13.0.